The van der Waals surface area contributed by atoms with Crippen molar-refractivity contribution in [2.24, 2.45) is 7.05 Å². The molecule has 3 nitrogen and oxygen atoms in total. The molecule has 0 unspecified atom stereocenters. The molecule has 0 fully saturated rings. The van der Waals surface area contributed by atoms with Gasteiger partial charge in [-0.25, -0.2) is 0 Å². The van der Waals surface area contributed by atoms with E-state index in [1.807, 2.05) is 42.9 Å². The maximum atomic E-state index is 12.1. The van der Waals surface area contributed by atoms with Crippen molar-refractivity contribution in [3.05, 3.63) is 30.0 Å². The first-order valence-corrected chi connectivity index (χ1v) is 5.84. The van der Waals surface area contributed by atoms with E-state index in [1.165, 1.54) is 0 Å². The first-order valence-electron chi connectivity index (χ1n) is 5.84. The van der Waals surface area contributed by atoms with Gasteiger partial charge in [-0.05, 0) is 18.6 Å². The Kier molecular flexibility index (Phi) is 3.18. The van der Waals surface area contributed by atoms with Crippen LogP contribution in [0.4, 0.5) is 0 Å². The molecular formula is C14H17NO2. The number of aromatic nitrogens is 1. The van der Waals surface area contributed by atoms with Crippen LogP contribution >= 0.6 is 0 Å². The van der Waals surface area contributed by atoms with Crippen molar-refractivity contribution in [3.63, 3.8) is 0 Å². The fraction of sp³-hybridized carbons (Fsp3) is 0.357. The summed E-state index contributed by atoms with van der Waals surface area (Å²) in [6.07, 6.45) is 3.34. The highest BCUT2D eigenvalue weighted by Gasteiger charge is 2.16. The Bertz CT molecular complexity index is 555. The number of ketones is 1. The number of fused-ring (bicyclic) bond motifs is 1. The second kappa shape index (κ2) is 4.62. The van der Waals surface area contributed by atoms with E-state index in [4.69, 9.17) is 4.74 Å². The smallest absolute Gasteiger partial charge is 0.165 e. The minimum Gasteiger partial charge on any atom is -0.496 e. The van der Waals surface area contributed by atoms with Crippen LogP contribution in [0.1, 0.15) is 30.1 Å². The number of carbonyl (C=O) groups is 1. The number of nitrogens with zero attached hydrogens (tertiary/aromatic N) is 1. The molecule has 0 spiro atoms. The van der Waals surface area contributed by atoms with Gasteiger partial charge in [0, 0.05) is 25.2 Å². The van der Waals surface area contributed by atoms with Gasteiger partial charge in [0.15, 0.2) is 5.78 Å². The summed E-state index contributed by atoms with van der Waals surface area (Å²) in [4.78, 5) is 12.1. The van der Waals surface area contributed by atoms with Crippen molar-refractivity contribution in [2.75, 3.05) is 7.11 Å². The topological polar surface area (TPSA) is 31.2 Å². The van der Waals surface area contributed by atoms with E-state index in [0.29, 0.717) is 6.42 Å². The molecule has 90 valence electrons. The minimum absolute atomic E-state index is 0.183. The number of rotatable bonds is 4. The summed E-state index contributed by atoms with van der Waals surface area (Å²) < 4.78 is 7.32. The second-order valence-electron chi connectivity index (χ2n) is 4.18. The van der Waals surface area contributed by atoms with E-state index in [2.05, 4.69) is 0 Å². The third-order valence-corrected chi connectivity index (χ3v) is 2.97. The summed E-state index contributed by atoms with van der Waals surface area (Å²) in [6, 6.07) is 5.83. The van der Waals surface area contributed by atoms with Gasteiger partial charge in [-0.1, -0.05) is 13.0 Å². The van der Waals surface area contributed by atoms with Gasteiger partial charge < -0.3 is 9.30 Å². The maximum absolute atomic E-state index is 12.1. The van der Waals surface area contributed by atoms with Crippen molar-refractivity contribution in [3.8, 4) is 5.75 Å². The molecule has 0 aliphatic rings. The highest BCUT2D eigenvalue weighted by atomic mass is 16.5. The van der Waals surface area contributed by atoms with Gasteiger partial charge in [-0.3, -0.25) is 4.79 Å². The molecular weight excluding hydrogens is 214 g/mol. The zero-order chi connectivity index (χ0) is 12.4. The van der Waals surface area contributed by atoms with Gasteiger partial charge in [-0.15, -0.1) is 0 Å². The lowest BCUT2D eigenvalue weighted by molar-refractivity contribution is 0.0983. The van der Waals surface area contributed by atoms with Crippen LogP contribution in [-0.2, 0) is 7.05 Å². The van der Waals surface area contributed by atoms with E-state index >= 15 is 0 Å². The van der Waals surface area contributed by atoms with Gasteiger partial charge in [0.05, 0.1) is 18.0 Å². The first-order chi connectivity index (χ1) is 8.19. The lowest BCUT2D eigenvalue weighted by atomic mass is 10.1. The van der Waals surface area contributed by atoms with Crippen LogP contribution in [0.3, 0.4) is 0 Å². The van der Waals surface area contributed by atoms with Gasteiger partial charge in [-0.2, -0.15) is 0 Å². The normalized spacial score (nSPS) is 10.8. The molecule has 0 saturated carbocycles. The standard InChI is InChI=1S/C14H17NO2/c1-4-6-12(16)10-9-15(2)11-7-5-8-13(17-3)14(10)11/h5,7-9H,4,6H2,1-3H3. The van der Waals surface area contributed by atoms with Gasteiger partial charge in [0.2, 0.25) is 0 Å². The summed E-state index contributed by atoms with van der Waals surface area (Å²) >= 11 is 0. The molecule has 2 aromatic rings. The number of methoxy groups -OCH3 is 1. The number of carbonyl (C=O) groups excluding carboxylic acids is 1. The predicted molar refractivity (Wildman–Crippen MR) is 68.7 cm³/mol. The van der Waals surface area contributed by atoms with Crippen LogP contribution < -0.4 is 4.74 Å². The molecule has 0 radical (unpaired) electrons. The van der Waals surface area contributed by atoms with Crippen LogP contribution in [0.2, 0.25) is 0 Å². The van der Waals surface area contributed by atoms with E-state index in [9.17, 15) is 4.79 Å². The fourth-order valence-electron chi connectivity index (χ4n) is 2.16. The SMILES string of the molecule is CCCC(=O)c1cn(C)c2cccc(OC)c12. The molecule has 0 bridgehead atoms. The zero-order valence-corrected chi connectivity index (χ0v) is 10.5. The zero-order valence-electron chi connectivity index (χ0n) is 10.5. The molecule has 17 heavy (non-hydrogen) atoms. The Hall–Kier alpha value is -1.77. The van der Waals surface area contributed by atoms with Crippen LogP contribution in [0.5, 0.6) is 5.75 Å². The van der Waals surface area contributed by atoms with Crippen molar-refractivity contribution >= 4 is 16.7 Å². The average Bonchev–Trinajstić information content (AvgIpc) is 2.67. The van der Waals surface area contributed by atoms with Crippen molar-refractivity contribution in [1.82, 2.24) is 4.57 Å². The molecule has 1 aromatic heterocycles. The van der Waals surface area contributed by atoms with E-state index < -0.39 is 0 Å². The summed E-state index contributed by atoms with van der Waals surface area (Å²) in [5.74, 6) is 0.949. The van der Waals surface area contributed by atoms with Crippen LogP contribution in [0.15, 0.2) is 24.4 Å². The van der Waals surface area contributed by atoms with Crippen LogP contribution in [-0.4, -0.2) is 17.5 Å². The van der Waals surface area contributed by atoms with E-state index in [1.54, 1.807) is 7.11 Å². The molecule has 0 aliphatic carbocycles. The van der Waals surface area contributed by atoms with Crippen molar-refractivity contribution in [1.29, 1.82) is 0 Å². The molecule has 1 aromatic carbocycles. The number of benzene rings is 1. The summed E-state index contributed by atoms with van der Waals surface area (Å²) in [5, 5.41) is 0.927. The second-order valence-corrected chi connectivity index (χ2v) is 4.18. The minimum atomic E-state index is 0.183. The van der Waals surface area contributed by atoms with E-state index in [0.717, 1.165) is 28.6 Å². The number of aryl methyl sites for hydroxylation is 1. The molecule has 0 saturated heterocycles. The molecule has 0 atom stereocenters. The predicted octanol–water partition coefficient (Wildman–Crippen LogP) is 3.17. The van der Waals surface area contributed by atoms with Crippen molar-refractivity contribution in [2.45, 2.75) is 19.8 Å². The Labute approximate surface area is 101 Å². The Morgan fingerprint density at radius 2 is 2.18 bits per heavy atom. The lowest BCUT2D eigenvalue weighted by Crippen LogP contribution is -1.97. The molecule has 1 heterocycles. The molecule has 0 aliphatic heterocycles. The molecule has 0 N–H and O–H groups in total. The Balaban J connectivity index is 2.67. The molecule has 3 heteroatoms. The molecule has 0 amide bonds. The largest absolute Gasteiger partial charge is 0.496 e. The average molecular weight is 231 g/mol. The lowest BCUT2D eigenvalue weighted by Gasteiger charge is -2.04. The van der Waals surface area contributed by atoms with E-state index in [-0.39, 0.29) is 5.78 Å². The van der Waals surface area contributed by atoms with Crippen LogP contribution in [0, 0.1) is 0 Å². The van der Waals surface area contributed by atoms with Gasteiger partial charge in [0.1, 0.15) is 5.75 Å². The number of Topliss-reactive ketones (excluding diaryl/α,β-unsaturated/α-hetero) is 1. The number of hydrogen-bond acceptors (Lipinski definition) is 2. The molecule has 2 rings (SSSR count). The van der Waals surface area contributed by atoms with Crippen molar-refractivity contribution < 1.29 is 9.53 Å². The quantitative estimate of drug-likeness (QED) is 0.757. The van der Waals surface area contributed by atoms with Gasteiger partial charge >= 0.3 is 0 Å². The fourth-order valence-corrected chi connectivity index (χ4v) is 2.16. The van der Waals surface area contributed by atoms with Gasteiger partial charge in [0.25, 0.3) is 0 Å². The summed E-state index contributed by atoms with van der Waals surface area (Å²) in [6.45, 7) is 2.01. The monoisotopic (exact) mass is 231 g/mol. The Morgan fingerprint density at radius 3 is 2.82 bits per heavy atom. The third-order valence-electron chi connectivity index (χ3n) is 2.97. The highest BCUT2D eigenvalue weighted by molar-refractivity contribution is 6.10. The number of hydrogen-bond donors (Lipinski definition) is 0. The Morgan fingerprint density at radius 1 is 1.41 bits per heavy atom. The number of ether oxygens (including phenoxy) is 1. The highest BCUT2D eigenvalue weighted by Crippen LogP contribution is 2.30. The third kappa shape index (κ3) is 1.93. The maximum Gasteiger partial charge on any atom is 0.165 e. The first kappa shape index (κ1) is 11.7. The van der Waals surface area contributed by atoms with Crippen LogP contribution in [0.25, 0.3) is 10.9 Å². The summed E-state index contributed by atoms with van der Waals surface area (Å²) in [5.41, 5.74) is 1.80. The summed E-state index contributed by atoms with van der Waals surface area (Å²) in [7, 11) is 3.58.